The molecule has 37 heavy (non-hydrogen) atoms. The summed E-state index contributed by atoms with van der Waals surface area (Å²) in [4.78, 5) is 38.6. The highest BCUT2D eigenvalue weighted by molar-refractivity contribution is 5.93. The number of hydrogen-bond donors (Lipinski definition) is 2. The van der Waals surface area contributed by atoms with Gasteiger partial charge in [-0.25, -0.2) is 14.8 Å². The van der Waals surface area contributed by atoms with Crippen molar-refractivity contribution >= 4 is 23.5 Å². The van der Waals surface area contributed by atoms with E-state index in [0.717, 1.165) is 63.4 Å². The van der Waals surface area contributed by atoms with Crippen LogP contribution in [0.2, 0.25) is 0 Å². The van der Waals surface area contributed by atoms with Crippen LogP contribution in [0.25, 0.3) is 0 Å². The predicted molar refractivity (Wildman–Crippen MR) is 139 cm³/mol. The van der Waals surface area contributed by atoms with Crippen molar-refractivity contribution in [2.24, 2.45) is 17.8 Å². The minimum absolute atomic E-state index is 0.118. The molecule has 196 valence electrons. The first kappa shape index (κ1) is 24.2. The monoisotopic (exact) mass is 505 g/mol. The lowest BCUT2D eigenvalue weighted by Gasteiger charge is -2.58. The van der Waals surface area contributed by atoms with E-state index in [0.29, 0.717) is 29.0 Å². The number of aliphatic hydroxyl groups is 1. The SMILES string of the molecule is COC(=O)c1ccc(N2CCN(c3cccc(C(=O)N[C@H]4C5CC6CC4C[C@](O)(C6)C5)n3)[C@H](C)C2)nc1. The largest absolute Gasteiger partial charge is 0.465 e. The van der Waals surface area contributed by atoms with E-state index in [1.807, 2.05) is 18.2 Å². The fourth-order valence-corrected chi connectivity index (χ4v) is 7.47. The molecule has 4 aliphatic carbocycles. The number of nitrogens with zero attached hydrogens (tertiary/aromatic N) is 4. The average Bonchev–Trinajstić information content (AvgIpc) is 2.89. The van der Waals surface area contributed by atoms with Gasteiger partial charge in [0.2, 0.25) is 0 Å². The quantitative estimate of drug-likeness (QED) is 0.598. The third-order valence-corrected chi connectivity index (χ3v) is 8.92. The van der Waals surface area contributed by atoms with Crippen LogP contribution in [0.3, 0.4) is 0 Å². The van der Waals surface area contributed by atoms with Crippen LogP contribution in [-0.4, -0.2) is 71.4 Å². The van der Waals surface area contributed by atoms with E-state index in [-0.39, 0.29) is 18.0 Å². The molecule has 3 heterocycles. The lowest BCUT2D eigenvalue weighted by molar-refractivity contribution is -0.136. The second kappa shape index (κ2) is 9.28. The van der Waals surface area contributed by atoms with E-state index in [4.69, 9.17) is 9.72 Å². The highest BCUT2D eigenvalue weighted by atomic mass is 16.5. The maximum atomic E-state index is 13.3. The van der Waals surface area contributed by atoms with Gasteiger partial charge in [0.1, 0.15) is 17.3 Å². The first-order chi connectivity index (χ1) is 17.8. The smallest absolute Gasteiger partial charge is 0.339 e. The zero-order chi connectivity index (χ0) is 25.7. The minimum Gasteiger partial charge on any atom is -0.465 e. The van der Waals surface area contributed by atoms with Gasteiger partial charge in [0.25, 0.3) is 5.91 Å². The molecule has 1 amide bonds. The van der Waals surface area contributed by atoms with Gasteiger partial charge in [0, 0.05) is 37.9 Å². The number of aromatic nitrogens is 2. The van der Waals surface area contributed by atoms with Crippen molar-refractivity contribution in [2.75, 3.05) is 36.5 Å². The summed E-state index contributed by atoms with van der Waals surface area (Å²) in [7, 11) is 1.36. The molecule has 1 aliphatic heterocycles. The summed E-state index contributed by atoms with van der Waals surface area (Å²) in [5, 5.41) is 14.2. The van der Waals surface area contributed by atoms with Gasteiger partial charge in [-0.05, 0) is 81.0 Å². The van der Waals surface area contributed by atoms with Crippen LogP contribution < -0.4 is 15.1 Å². The normalized spacial score (nSPS) is 32.4. The van der Waals surface area contributed by atoms with Gasteiger partial charge in [-0.3, -0.25) is 4.79 Å². The number of nitrogens with one attached hydrogen (secondary N) is 1. The predicted octanol–water partition coefficient (Wildman–Crippen LogP) is 2.65. The van der Waals surface area contributed by atoms with Gasteiger partial charge in [-0.2, -0.15) is 0 Å². The number of amides is 1. The summed E-state index contributed by atoms with van der Waals surface area (Å²) in [6.07, 6.45) is 6.32. The van der Waals surface area contributed by atoms with E-state index in [1.165, 1.54) is 7.11 Å². The molecule has 0 spiro atoms. The lowest BCUT2D eigenvalue weighted by Crippen LogP contribution is -2.61. The van der Waals surface area contributed by atoms with Crippen LogP contribution in [0.4, 0.5) is 11.6 Å². The van der Waals surface area contributed by atoms with Crippen LogP contribution >= 0.6 is 0 Å². The van der Waals surface area contributed by atoms with Gasteiger partial charge in [-0.1, -0.05) is 6.07 Å². The van der Waals surface area contributed by atoms with Crippen LogP contribution in [-0.2, 0) is 4.74 Å². The molecule has 5 aliphatic rings. The summed E-state index contributed by atoms with van der Waals surface area (Å²) in [6, 6.07) is 9.53. The van der Waals surface area contributed by atoms with Gasteiger partial charge < -0.3 is 25.0 Å². The zero-order valence-electron chi connectivity index (χ0n) is 21.5. The molecule has 4 bridgehead atoms. The summed E-state index contributed by atoms with van der Waals surface area (Å²) in [5.41, 5.74) is 0.369. The number of ether oxygens (including phenoxy) is 1. The number of piperazine rings is 1. The third-order valence-electron chi connectivity index (χ3n) is 8.92. The summed E-state index contributed by atoms with van der Waals surface area (Å²) >= 11 is 0. The Morgan fingerprint density at radius 3 is 2.51 bits per heavy atom. The Morgan fingerprint density at radius 1 is 1.08 bits per heavy atom. The van der Waals surface area contributed by atoms with Crippen LogP contribution in [0.5, 0.6) is 0 Å². The number of rotatable bonds is 5. The molecule has 0 radical (unpaired) electrons. The number of hydrogen-bond acceptors (Lipinski definition) is 8. The standard InChI is InChI=1S/C28H35N5O4/c1-17-16-32(23-7-6-19(15-29-23)27(35)37-2)8-9-33(17)24-5-3-4-22(30-24)26(34)31-25-20-10-18-11-21(25)14-28(36,12-18)13-20/h3-7,15,17-18,20-21,25,36H,8-14,16H2,1-2H3,(H,31,34)/t17-,18?,20?,21?,25-,28-/m1/s1. The van der Waals surface area contributed by atoms with Crippen molar-refractivity contribution < 1.29 is 19.4 Å². The maximum Gasteiger partial charge on any atom is 0.339 e. The molecule has 1 saturated heterocycles. The Hall–Kier alpha value is -3.20. The van der Waals surface area contributed by atoms with Crippen molar-refractivity contribution in [2.45, 2.75) is 56.7 Å². The fourth-order valence-electron chi connectivity index (χ4n) is 7.47. The molecule has 9 heteroatoms. The second-order valence-electron chi connectivity index (χ2n) is 11.5. The molecule has 7 rings (SSSR count). The molecule has 2 unspecified atom stereocenters. The van der Waals surface area contributed by atoms with Gasteiger partial charge in [0.05, 0.1) is 18.3 Å². The van der Waals surface area contributed by atoms with E-state index in [9.17, 15) is 14.7 Å². The Balaban J connectivity index is 1.10. The minimum atomic E-state index is -0.507. The number of methoxy groups -OCH3 is 1. The van der Waals surface area contributed by atoms with Gasteiger partial charge in [0.15, 0.2) is 0 Å². The molecule has 2 N–H and O–H groups in total. The maximum absolute atomic E-state index is 13.3. The van der Waals surface area contributed by atoms with Crippen molar-refractivity contribution in [1.82, 2.24) is 15.3 Å². The molecule has 2 aromatic rings. The molecule has 4 saturated carbocycles. The van der Waals surface area contributed by atoms with Crippen LogP contribution in [0, 0.1) is 17.8 Å². The van der Waals surface area contributed by atoms with Gasteiger partial charge in [-0.15, -0.1) is 0 Å². The Bertz CT molecular complexity index is 1170. The highest BCUT2D eigenvalue weighted by Gasteiger charge is 2.55. The number of pyridine rings is 2. The van der Waals surface area contributed by atoms with Gasteiger partial charge >= 0.3 is 5.97 Å². The molecule has 9 nitrogen and oxygen atoms in total. The summed E-state index contributed by atoms with van der Waals surface area (Å²) in [5.74, 6) is 2.45. The fraction of sp³-hybridized carbons (Fsp3) is 0.571. The van der Waals surface area contributed by atoms with E-state index in [1.54, 1.807) is 18.3 Å². The molecule has 3 atom stereocenters. The van der Waals surface area contributed by atoms with Crippen LogP contribution in [0.1, 0.15) is 59.9 Å². The summed E-state index contributed by atoms with van der Waals surface area (Å²) in [6.45, 7) is 4.38. The number of carbonyl (C=O) groups excluding carboxylic acids is 2. The Labute approximate surface area is 217 Å². The Kier molecular flexibility index (Phi) is 6.06. The van der Waals surface area contributed by atoms with E-state index >= 15 is 0 Å². The second-order valence-corrected chi connectivity index (χ2v) is 11.5. The zero-order valence-corrected chi connectivity index (χ0v) is 21.5. The van der Waals surface area contributed by atoms with Crippen molar-refractivity contribution in [3.63, 3.8) is 0 Å². The van der Waals surface area contributed by atoms with E-state index < -0.39 is 11.6 Å². The summed E-state index contributed by atoms with van der Waals surface area (Å²) < 4.78 is 4.75. The number of carbonyl (C=O) groups is 2. The highest BCUT2D eigenvalue weighted by Crippen LogP contribution is 2.55. The van der Waals surface area contributed by atoms with Crippen molar-refractivity contribution in [1.29, 1.82) is 0 Å². The topological polar surface area (TPSA) is 108 Å². The number of anilines is 2. The number of esters is 1. The molecular weight excluding hydrogens is 470 g/mol. The molecule has 0 aromatic carbocycles. The average molecular weight is 506 g/mol. The Morgan fingerprint density at radius 2 is 1.86 bits per heavy atom. The molecular formula is C28H35N5O4. The van der Waals surface area contributed by atoms with E-state index in [2.05, 4.69) is 27.0 Å². The first-order valence-corrected chi connectivity index (χ1v) is 13.4. The van der Waals surface area contributed by atoms with Crippen molar-refractivity contribution in [3.05, 3.63) is 47.8 Å². The third kappa shape index (κ3) is 4.54. The molecule has 5 fully saturated rings. The molecule has 2 aromatic heterocycles. The lowest BCUT2D eigenvalue weighted by atomic mass is 9.52. The van der Waals surface area contributed by atoms with Crippen LogP contribution in [0.15, 0.2) is 36.5 Å². The van der Waals surface area contributed by atoms with Crippen molar-refractivity contribution in [3.8, 4) is 0 Å². The first-order valence-electron chi connectivity index (χ1n) is 13.4.